The third-order valence-corrected chi connectivity index (χ3v) is 4.00. The molecule has 0 saturated carbocycles. The van der Waals surface area contributed by atoms with Gasteiger partial charge in [-0.1, -0.05) is 19.9 Å². The van der Waals surface area contributed by atoms with Crippen LogP contribution in [-0.2, 0) is 12.8 Å². The first-order valence-electron chi connectivity index (χ1n) is 7.04. The van der Waals surface area contributed by atoms with Gasteiger partial charge in [0, 0.05) is 24.4 Å². The zero-order valence-electron chi connectivity index (χ0n) is 12.2. The Kier molecular flexibility index (Phi) is 5.76. The molecule has 1 heterocycles. The monoisotopic (exact) mass is 311 g/mol. The first kappa shape index (κ1) is 16.0. The fraction of sp³-hybridized carbons (Fsp3) is 0.467. The van der Waals surface area contributed by atoms with E-state index in [0.29, 0.717) is 11.0 Å². The molecule has 0 spiro atoms. The van der Waals surface area contributed by atoms with Gasteiger partial charge in [-0.25, -0.2) is 8.78 Å². The number of nitrogens with one attached hydrogen (secondary N) is 1. The highest BCUT2D eigenvalue weighted by Crippen LogP contribution is 2.20. The molecule has 0 bridgehead atoms. The molecular weight excluding hydrogens is 292 g/mol. The van der Waals surface area contributed by atoms with E-state index in [-0.39, 0.29) is 12.0 Å². The topological polar surface area (TPSA) is 37.8 Å². The second kappa shape index (κ2) is 7.56. The van der Waals surface area contributed by atoms with E-state index in [1.165, 1.54) is 29.5 Å². The summed E-state index contributed by atoms with van der Waals surface area (Å²) in [7, 11) is 0. The minimum atomic E-state index is -0.534. The molecule has 114 valence electrons. The number of nitrogens with zero attached hydrogens (tertiary/aromatic N) is 2. The summed E-state index contributed by atoms with van der Waals surface area (Å²) in [6.45, 7) is 5.13. The molecule has 0 saturated heterocycles. The summed E-state index contributed by atoms with van der Waals surface area (Å²) in [6, 6.07) is 4.36. The van der Waals surface area contributed by atoms with Crippen molar-refractivity contribution in [2.75, 3.05) is 6.54 Å². The maximum Gasteiger partial charge on any atom is 0.129 e. The van der Waals surface area contributed by atoms with Gasteiger partial charge < -0.3 is 5.32 Å². The van der Waals surface area contributed by atoms with Gasteiger partial charge in [0.2, 0.25) is 0 Å². The lowest BCUT2D eigenvalue weighted by Gasteiger charge is -2.05. The number of benzene rings is 1. The van der Waals surface area contributed by atoms with Crippen LogP contribution in [0.5, 0.6) is 0 Å². The van der Waals surface area contributed by atoms with Crippen molar-refractivity contribution in [1.29, 1.82) is 0 Å². The molecule has 3 nitrogen and oxygen atoms in total. The van der Waals surface area contributed by atoms with Crippen LogP contribution in [0.2, 0.25) is 0 Å². The Bertz CT molecular complexity index is 564. The van der Waals surface area contributed by atoms with Gasteiger partial charge in [0.05, 0.1) is 0 Å². The summed E-state index contributed by atoms with van der Waals surface area (Å²) in [4.78, 5) is 0. The summed E-state index contributed by atoms with van der Waals surface area (Å²) < 4.78 is 27.2. The van der Waals surface area contributed by atoms with Crippen LogP contribution < -0.4 is 5.32 Å². The minimum Gasteiger partial charge on any atom is -0.315 e. The van der Waals surface area contributed by atoms with Gasteiger partial charge in [0.1, 0.15) is 21.6 Å². The largest absolute Gasteiger partial charge is 0.315 e. The number of halogens is 2. The predicted octanol–water partition coefficient (Wildman–Crippen LogP) is 3.34. The Morgan fingerprint density at radius 1 is 1.14 bits per heavy atom. The summed E-state index contributed by atoms with van der Waals surface area (Å²) >= 11 is 1.42. The van der Waals surface area contributed by atoms with E-state index < -0.39 is 11.6 Å². The van der Waals surface area contributed by atoms with Crippen molar-refractivity contribution in [3.05, 3.63) is 45.4 Å². The molecule has 0 aliphatic heterocycles. The van der Waals surface area contributed by atoms with Gasteiger partial charge in [0.15, 0.2) is 0 Å². The van der Waals surface area contributed by atoms with E-state index >= 15 is 0 Å². The molecule has 0 fully saturated rings. The van der Waals surface area contributed by atoms with Gasteiger partial charge in [-0.2, -0.15) is 0 Å². The standard InChI is InChI=1S/C15H19F2N3S/c1-10(2)18-8-4-7-14-19-20-15(21-14)9-11-12(16)5-3-6-13(11)17/h3,5-6,10,18H,4,7-9H2,1-2H3. The van der Waals surface area contributed by atoms with Crippen molar-refractivity contribution in [3.63, 3.8) is 0 Å². The van der Waals surface area contributed by atoms with Crippen LogP contribution in [-0.4, -0.2) is 22.8 Å². The second-order valence-corrected chi connectivity index (χ2v) is 6.33. The Labute approximate surface area is 127 Å². The third kappa shape index (κ3) is 4.82. The highest BCUT2D eigenvalue weighted by Gasteiger charge is 2.12. The molecule has 1 N–H and O–H groups in total. The lowest BCUT2D eigenvalue weighted by molar-refractivity contribution is 0.560. The molecule has 0 aliphatic carbocycles. The zero-order chi connectivity index (χ0) is 15.2. The number of aryl methyl sites for hydroxylation is 1. The normalized spacial score (nSPS) is 11.3. The first-order valence-corrected chi connectivity index (χ1v) is 7.85. The zero-order valence-corrected chi connectivity index (χ0v) is 13.0. The summed E-state index contributed by atoms with van der Waals surface area (Å²) in [5.41, 5.74) is 0.0571. The Balaban J connectivity index is 1.91. The molecule has 1 aromatic carbocycles. The molecule has 0 aliphatic rings. The Morgan fingerprint density at radius 3 is 2.48 bits per heavy atom. The van der Waals surface area contributed by atoms with Crippen molar-refractivity contribution >= 4 is 11.3 Å². The average Bonchev–Trinajstić information content (AvgIpc) is 2.87. The smallest absolute Gasteiger partial charge is 0.129 e. The van der Waals surface area contributed by atoms with Crippen LogP contribution in [0.1, 0.15) is 35.8 Å². The number of hydrogen-bond donors (Lipinski definition) is 1. The highest BCUT2D eigenvalue weighted by atomic mass is 32.1. The van der Waals surface area contributed by atoms with Crippen LogP contribution in [0, 0.1) is 11.6 Å². The molecule has 0 amide bonds. The van der Waals surface area contributed by atoms with Gasteiger partial charge in [-0.05, 0) is 25.1 Å². The molecule has 2 aromatic rings. The van der Waals surface area contributed by atoms with E-state index in [1.54, 1.807) is 0 Å². The fourth-order valence-electron chi connectivity index (χ4n) is 1.94. The van der Waals surface area contributed by atoms with E-state index in [2.05, 4.69) is 29.4 Å². The number of rotatable bonds is 7. The molecular formula is C15H19F2N3S. The SMILES string of the molecule is CC(C)NCCCc1nnc(Cc2c(F)cccc2F)s1. The van der Waals surface area contributed by atoms with Crippen LogP contribution in [0.15, 0.2) is 18.2 Å². The number of hydrogen-bond acceptors (Lipinski definition) is 4. The maximum absolute atomic E-state index is 13.6. The molecule has 0 radical (unpaired) electrons. The highest BCUT2D eigenvalue weighted by molar-refractivity contribution is 7.11. The molecule has 0 atom stereocenters. The molecule has 2 rings (SSSR count). The fourth-order valence-corrected chi connectivity index (χ4v) is 2.84. The molecule has 21 heavy (non-hydrogen) atoms. The van der Waals surface area contributed by atoms with Crippen LogP contribution in [0.3, 0.4) is 0 Å². The maximum atomic E-state index is 13.6. The lowest BCUT2D eigenvalue weighted by Crippen LogP contribution is -2.23. The molecule has 1 aromatic heterocycles. The first-order chi connectivity index (χ1) is 10.1. The average molecular weight is 311 g/mol. The van der Waals surface area contributed by atoms with Crippen molar-refractivity contribution in [2.45, 2.75) is 39.2 Å². The molecule has 0 unspecified atom stereocenters. The number of aromatic nitrogens is 2. The van der Waals surface area contributed by atoms with Crippen LogP contribution in [0.4, 0.5) is 8.78 Å². The van der Waals surface area contributed by atoms with Crippen molar-refractivity contribution < 1.29 is 8.78 Å². The van der Waals surface area contributed by atoms with E-state index in [4.69, 9.17) is 0 Å². The van der Waals surface area contributed by atoms with E-state index in [0.717, 1.165) is 24.4 Å². The van der Waals surface area contributed by atoms with E-state index in [9.17, 15) is 8.78 Å². The van der Waals surface area contributed by atoms with Crippen molar-refractivity contribution in [1.82, 2.24) is 15.5 Å². The van der Waals surface area contributed by atoms with Crippen LogP contribution >= 0.6 is 11.3 Å². The Morgan fingerprint density at radius 2 is 1.81 bits per heavy atom. The van der Waals surface area contributed by atoms with Gasteiger partial charge in [-0.15, -0.1) is 21.5 Å². The quantitative estimate of drug-likeness (QED) is 0.797. The summed E-state index contributed by atoms with van der Waals surface area (Å²) in [5, 5.41) is 13.0. The van der Waals surface area contributed by atoms with Crippen molar-refractivity contribution in [3.8, 4) is 0 Å². The predicted molar refractivity (Wildman–Crippen MR) is 80.5 cm³/mol. The summed E-state index contributed by atoms with van der Waals surface area (Å²) in [5.74, 6) is -1.07. The lowest BCUT2D eigenvalue weighted by atomic mass is 10.1. The van der Waals surface area contributed by atoms with Gasteiger partial charge in [0.25, 0.3) is 0 Å². The second-order valence-electron chi connectivity index (χ2n) is 5.18. The minimum absolute atomic E-state index is 0.0571. The third-order valence-electron chi connectivity index (χ3n) is 3.02. The van der Waals surface area contributed by atoms with Crippen LogP contribution in [0.25, 0.3) is 0 Å². The van der Waals surface area contributed by atoms with Crippen molar-refractivity contribution in [2.24, 2.45) is 0 Å². The Hall–Kier alpha value is -1.40. The van der Waals surface area contributed by atoms with Gasteiger partial charge in [-0.3, -0.25) is 0 Å². The summed E-state index contributed by atoms with van der Waals surface area (Å²) in [6.07, 6.45) is 1.96. The molecule has 6 heteroatoms. The van der Waals surface area contributed by atoms with Gasteiger partial charge >= 0.3 is 0 Å². The van der Waals surface area contributed by atoms with E-state index in [1.807, 2.05) is 0 Å².